The van der Waals surface area contributed by atoms with Crippen molar-refractivity contribution in [2.24, 2.45) is 5.92 Å². The lowest BCUT2D eigenvalue weighted by molar-refractivity contribution is -0.136. The van der Waals surface area contributed by atoms with Gasteiger partial charge in [0.1, 0.15) is 0 Å². The molecule has 0 aromatic rings. The Morgan fingerprint density at radius 2 is 2.07 bits per heavy atom. The van der Waals surface area contributed by atoms with Gasteiger partial charge in [-0.25, -0.2) is 0 Å². The van der Waals surface area contributed by atoms with E-state index in [0.717, 1.165) is 12.8 Å². The molecule has 0 N–H and O–H groups in total. The van der Waals surface area contributed by atoms with Gasteiger partial charge >= 0.3 is 0 Å². The predicted molar refractivity (Wildman–Crippen MR) is 59.0 cm³/mol. The van der Waals surface area contributed by atoms with Crippen LogP contribution in [0.3, 0.4) is 0 Å². The summed E-state index contributed by atoms with van der Waals surface area (Å²) in [6.45, 7) is 4.46. The molecule has 0 aromatic heterocycles. The van der Waals surface area contributed by atoms with E-state index in [1.807, 2.05) is 18.7 Å². The van der Waals surface area contributed by atoms with Crippen molar-refractivity contribution in [3.8, 4) is 6.07 Å². The molecular formula is C12H20N2O. The molecule has 0 aromatic carbocycles. The fourth-order valence-corrected chi connectivity index (χ4v) is 2.19. The summed E-state index contributed by atoms with van der Waals surface area (Å²) in [5.41, 5.74) is 0. The highest BCUT2D eigenvalue weighted by Gasteiger charge is 2.27. The fraction of sp³-hybridized carbons (Fsp3) is 0.833. The highest BCUT2D eigenvalue weighted by atomic mass is 16.2. The average molecular weight is 208 g/mol. The van der Waals surface area contributed by atoms with Gasteiger partial charge in [0.05, 0.1) is 12.5 Å². The number of hydrogen-bond donors (Lipinski definition) is 0. The molecule has 15 heavy (non-hydrogen) atoms. The van der Waals surface area contributed by atoms with Crippen LogP contribution in [0.15, 0.2) is 0 Å². The third-order valence-electron chi connectivity index (χ3n) is 3.01. The van der Waals surface area contributed by atoms with E-state index in [2.05, 4.69) is 6.07 Å². The molecule has 0 bridgehead atoms. The zero-order chi connectivity index (χ0) is 11.3. The van der Waals surface area contributed by atoms with E-state index in [4.69, 9.17) is 5.26 Å². The maximum atomic E-state index is 12.0. The molecule has 3 heteroatoms. The van der Waals surface area contributed by atoms with Gasteiger partial charge in [-0.3, -0.25) is 4.79 Å². The van der Waals surface area contributed by atoms with E-state index >= 15 is 0 Å². The first-order valence-electron chi connectivity index (χ1n) is 5.84. The van der Waals surface area contributed by atoms with Crippen molar-refractivity contribution in [2.45, 2.75) is 52.0 Å². The summed E-state index contributed by atoms with van der Waals surface area (Å²) >= 11 is 0. The number of nitriles is 1. The normalized spacial score (nSPS) is 16.7. The van der Waals surface area contributed by atoms with Gasteiger partial charge in [-0.2, -0.15) is 5.26 Å². The second kappa shape index (κ2) is 5.75. The number of amides is 1. The summed E-state index contributed by atoms with van der Waals surface area (Å²) in [6.07, 6.45) is 5.13. The van der Waals surface area contributed by atoms with Crippen LogP contribution < -0.4 is 0 Å². The van der Waals surface area contributed by atoms with Crippen LogP contribution in [0.1, 0.15) is 46.0 Å². The van der Waals surface area contributed by atoms with Crippen molar-refractivity contribution in [1.82, 2.24) is 4.90 Å². The highest BCUT2D eigenvalue weighted by molar-refractivity contribution is 5.78. The molecule has 0 spiro atoms. The molecule has 0 aliphatic heterocycles. The first-order valence-corrected chi connectivity index (χ1v) is 5.84. The molecule has 1 aliphatic rings. The second-order valence-corrected chi connectivity index (χ2v) is 4.53. The Balaban J connectivity index is 2.59. The molecule has 0 atom stereocenters. The Hall–Kier alpha value is -1.04. The summed E-state index contributed by atoms with van der Waals surface area (Å²) < 4.78 is 0. The van der Waals surface area contributed by atoms with E-state index in [9.17, 15) is 4.79 Å². The van der Waals surface area contributed by atoms with Crippen LogP contribution in [0.4, 0.5) is 0 Å². The van der Waals surface area contributed by atoms with Gasteiger partial charge in [0, 0.05) is 18.5 Å². The lowest BCUT2D eigenvalue weighted by Crippen LogP contribution is -2.41. The minimum atomic E-state index is 0.0456. The largest absolute Gasteiger partial charge is 0.338 e. The SMILES string of the molecule is CC(C)C(=O)N(CCC#N)C1CCCC1. The van der Waals surface area contributed by atoms with Gasteiger partial charge in [0.15, 0.2) is 0 Å². The van der Waals surface area contributed by atoms with Crippen LogP contribution in [0.25, 0.3) is 0 Å². The molecule has 1 fully saturated rings. The monoisotopic (exact) mass is 208 g/mol. The summed E-state index contributed by atoms with van der Waals surface area (Å²) in [4.78, 5) is 13.9. The summed E-state index contributed by atoms with van der Waals surface area (Å²) in [5, 5.41) is 8.59. The smallest absolute Gasteiger partial charge is 0.225 e. The van der Waals surface area contributed by atoms with Crippen LogP contribution in [0.5, 0.6) is 0 Å². The number of carbonyl (C=O) groups is 1. The van der Waals surface area contributed by atoms with E-state index < -0.39 is 0 Å². The van der Waals surface area contributed by atoms with Gasteiger partial charge in [-0.15, -0.1) is 0 Å². The molecule has 1 saturated carbocycles. The molecule has 0 saturated heterocycles. The Labute approximate surface area is 92.1 Å². The number of hydrogen-bond acceptors (Lipinski definition) is 2. The van der Waals surface area contributed by atoms with Gasteiger partial charge in [0.25, 0.3) is 0 Å². The van der Waals surface area contributed by atoms with Crippen LogP contribution in [0, 0.1) is 17.2 Å². The minimum absolute atomic E-state index is 0.0456. The topological polar surface area (TPSA) is 44.1 Å². The van der Waals surface area contributed by atoms with Gasteiger partial charge in [-0.1, -0.05) is 26.7 Å². The van der Waals surface area contributed by atoms with E-state index in [1.165, 1.54) is 12.8 Å². The lowest BCUT2D eigenvalue weighted by atomic mass is 10.1. The third kappa shape index (κ3) is 3.23. The van der Waals surface area contributed by atoms with E-state index in [1.54, 1.807) is 0 Å². The van der Waals surface area contributed by atoms with Crippen LogP contribution in [-0.2, 0) is 4.79 Å². The van der Waals surface area contributed by atoms with E-state index in [-0.39, 0.29) is 11.8 Å². The molecule has 84 valence electrons. The molecule has 0 unspecified atom stereocenters. The maximum absolute atomic E-state index is 12.0. The molecule has 0 radical (unpaired) electrons. The van der Waals surface area contributed by atoms with Crippen LogP contribution in [0.2, 0.25) is 0 Å². The lowest BCUT2D eigenvalue weighted by Gasteiger charge is -2.29. The average Bonchev–Trinajstić information content (AvgIpc) is 2.71. The second-order valence-electron chi connectivity index (χ2n) is 4.53. The molecule has 1 amide bonds. The fourth-order valence-electron chi connectivity index (χ4n) is 2.19. The number of carbonyl (C=O) groups excluding carboxylic acids is 1. The van der Waals surface area contributed by atoms with Crippen LogP contribution in [-0.4, -0.2) is 23.4 Å². The van der Waals surface area contributed by atoms with Crippen molar-refractivity contribution in [3.05, 3.63) is 0 Å². The maximum Gasteiger partial charge on any atom is 0.225 e. The van der Waals surface area contributed by atoms with Crippen molar-refractivity contribution < 1.29 is 4.79 Å². The molecular weight excluding hydrogens is 188 g/mol. The predicted octanol–water partition coefficient (Wildman–Crippen LogP) is 2.33. The van der Waals surface area contributed by atoms with Gasteiger partial charge in [0.2, 0.25) is 5.91 Å². The summed E-state index contributed by atoms with van der Waals surface area (Å²) in [5.74, 6) is 0.251. The third-order valence-corrected chi connectivity index (χ3v) is 3.01. The minimum Gasteiger partial charge on any atom is -0.338 e. The quantitative estimate of drug-likeness (QED) is 0.711. The van der Waals surface area contributed by atoms with Crippen molar-refractivity contribution in [2.75, 3.05) is 6.54 Å². The molecule has 3 nitrogen and oxygen atoms in total. The van der Waals surface area contributed by atoms with Crippen molar-refractivity contribution >= 4 is 5.91 Å². The van der Waals surface area contributed by atoms with Crippen LogP contribution >= 0.6 is 0 Å². The highest BCUT2D eigenvalue weighted by Crippen LogP contribution is 2.24. The molecule has 1 aliphatic carbocycles. The molecule has 1 rings (SSSR count). The zero-order valence-corrected chi connectivity index (χ0v) is 9.70. The zero-order valence-electron chi connectivity index (χ0n) is 9.70. The van der Waals surface area contributed by atoms with Crippen molar-refractivity contribution in [3.63, 3.8) is 0 Å². The Kier molecular flexibility index (Phi) is 4.61. The Morgan fingerprint density at radius 3 is 2.53 bits per heavy atom. The van der Waals surface area contributed by atoms with E-state index in [0.29, 0.717) is 19.0 Å². The first kappa shape index (κ1) is 12.0. The number of rotatable bonds is 4. The number of nitrogens with zero attached hydrogens (tertiary/aromatic N) is 2. The standard InChI is InChI=1S/C12H20N2O/c1-10(2)12(15)14(9-5-8-13)11-6-3-4-7-11/h10-11H,3-7,9H2,1-2H3. The Bertz CT molecular complexity index is 249. The van der Waals surface area contributed by atoms with Gasteiger partial charge < -0.3 is 4.90 Å². The first-order chi connectivity index (χ1) is 7.16. The van der Waals surface area contributed by atoms with Gasteiger partial charge in [-0.05, 0) is 12.8 Å². The Morgan fingerprint density at radius 1 is 1.47 bits per heavy atom. The summed E-state index contributed by atoms with van der Waals surface area (Å²) in [7, 11) is 0. The van der Waals surface area contributed by atoms with Crippen molar-refractivity contribution in [1.29, 1.82) is 5.26 Å². The summed E-state index contributed by atoms with van der Waals surface area (Å²) in [6, 6.07) is 2.52. The molecule has 0 heterocycles.